The van der Waals surface area contributed by atoms with Crippen molar-refractivity contribution in [2.75, 3.05) is 37.6 Å². The lowest BCUT2D eigenvalue weighted by molar-refractivity contribution is 0.0607. The van der Waals surface area contributed by atoms with E-state index in [1.165, 1.54) is 18.4 Å². The predicted molar refractivity (Wildman–Crippen MR) is 145 cm³/mol. The molecule has 3 aromatic rings. The fourth-order valence-corrected chi connectivity index (χ4v) is 6.19. The normalized spacial score (nSPS) is 22.4. The Kier molecular flexibility index (Phi) is 6.71. The highest BCUT2D eigenvalue weighted by Crippen LogP contribution is 2.37. The van der Waals surface area contributed by atoms with E-state index < -0.39 is 0 Å². The quantitative estimate of drug-likeness (QED) is 0.495. The van der Waals surface area contributed by atoms with E-state index in [9.17, 15) is 4.79 Å². The summed E-state index contributed by atoms with van der Waals surface area (Å²) in [6.45, 7) is 8.38. The SMILES string of the molecule is CC[C@H]1CN(c2nc3ncccc3c(=O)n2C2CC2)CCN1C1CCN(Cc2ccc(Cl)cc2)CC1. The second-order valence-electron chi connectivity index (χ2n) is 10.6. The number of pyridine rings is 1. The molecule has 0 unspecified atom stereocenters. The molecule has 2 aliphatic heterocycles. The number of aromatic nitrogens is 3. The molecular weight excluding hydrogens is 472 g/mol. The van der Waals surface area contributed by atoms with E-state index in [0.717, 1.165) is 69.5 Å². The highest BCUT2D eigenvalue weighted by atomic mass is 35.5. The fourth-order valence-electron chi connectivity index (χ4n) is 6.06. The van der Waals surface area contributed by atoms with E-state index in [-0.39, 0.29) is 11.6 Å². The van der Waals surface area contributed by atoms with Crippen molar-refractivity contribution in [2.45, 2.75) is 63.7 Å². The molecule has 0 bridgehead atoms. The Morgan fingerprint density at radius 3 is 2.47 bits per heavy atom. The fraction of sp³-hybridized carbons (Fsp3) is 0.536. The van der Waals surface area contributed by atoms with Crippen molar-refractivity contribution in [3.8, 4) is 0 Å². The highest BCUT2D eigenvalue weighted by Gasteiger charge is 2.36. The molecule has 8 heteroatoms. The highest BCUT2D eigenvalue weighted by molar-refractivity contribution is 6.30. The van der Waals surface area contributed by atoms with Gasteiger partial charge in [-0.3, -0.25) is 19.2 Å². The van der Waals surface area contributed by atoms with Crippen LogP contribution in [-0.2, 0) is 6.54 Å². The summed E-state index contributed by atoms with van der Waals surface area (Å²) in [5.41, 5.74) is 1.96. The van der Waals surface area contributed by atoms with Crippen LogP contribution in [0.1, 0.15) is 50.6 Å². The Morgan fingerprint density at radius 2 is 1.75 bits per heavy atom. The number of piperidine rings is 1. The van der Waals surface area contributed by atoms with Crippen LogP contribution in [0, 0.1) is 0 Å². The van der Waals surface area contributed by atoms with Crippen LogP contribution in [0.4, 0.5) is 5.95 Å². The molecule has 1 saturated carbocycles. The molecule has 3 aliphatic rings. The van der Waals surface area contributed by atoms with Gasteiger partial charge in [0.2, 0.25) is 5.95 Å². The summed E-state index contributed by atoms with van der Waals surface area (Å²) in [4.78, 5) is 30.4. The molecule has 0 radical (unpaired) electrons. The molecule has 0 spiro atoms. The smallest absolute Gasteiger partial charge is 0.264 e. The van der Waals surface area contributed by atoms with Crippen molar-refractivity contribution in [1.82, 2.24) is 24.3 Å². The second-order valence-corrected chi connectivity index (χ2v) is 11.0. The monoisotopic (exact) mass is 506 g/mol. The van der Waals surface area contributed by atoms with Gasteiger partial charge in [-0.1, -0.05) is 30.7 Å². The number of likely N-dealkylation sites (tertiary alicyclic amines) is 1. The molecule has 36 heavy (non-hydrogen) atoms. The van der Waals surface area contributed by atoms with Crippen LogP contribution in [0.2, 0.25) is 5.02 Å². The number of anilines is 1. The van der Waals surface area contributed by atoms with E-state index in [1.54, 1.807) is 6.20 Å². The molecule has 7 nitrogen and oxygen atoms in total. The lowest BCUT2D eigenvalue weighted by atomic mass is 9.98. The Balaban J connectivity index is 1.14. The summed E-state index contributed by atoms with van der Waals surface area (Å²) < 4.78 is 1.96. The average molecular weight is 507 g/mol. The van der Waals surface area contributed by atoms with Crippen LogP contribution in [-0.4, -0.2) is 69.1 Å². The minimum Gasteiger partial charge on any atom is -0.339 e. The molecule has 0 amide bonds. The van der Waals surface area contributed by atoms with Gasteiger partial charge in [-0.15, -0.1) is 0 Å². The van der Waals surface area contributed by atoms with Gasteiger partial charge in [0.05, 0.1) is 5.39 Å². The van der Waals surface area contributed by atoms with Crippen molar-refractivity contribution < 1.29 is 0 Å². The van der Waals surface area contributed by atoms with Gasteiger partial charge in [0, 0.05) is 55.5 Å². The van der Waals surface area contributed by atoms with Crippen LogP contribution in [0.5, 0.6) is 0 Å². The third kappa shape index (κ3) is 4.76. The summed E-state index contributed by atoms with van der Waals surface area (Å²) >= 11 is 6.05. The topological polar surface area (TPSA) is 57.5 Å². The van der Waals surface area contributed by atoms with Crippen LogP contribution in [0.15, 0.2) is 47.4 Å². The predicted octanol–water partition coefficient (Wildman–Crippen LogP) is 4.35. The third-order valence-corrected chi connectivity index (χ3v) is 8.45. The zero-order chi connectivity index (χ0) is 24.6. The van der Waals surface area contributed by atoms with Gasteiger partial charge in [-0.2, -0.15) is 4.98 Å². The first-order chi connectivity index (χ1) is 17.6. The molecule has 6 rings (SSSR count). The third-order valence-electron chi connectivity index (χ3n) is 8.20. The summed E-state index contributed by atoms with van der Waals surface area (Å²) in [6, 6.07) is 13.3. The van der Waals surface area contributed by atoms with Gasteiger partial charge >= 0.3 is 0 Å². The maximum absolute atomic E-state index is 13.3. The lowest BCUT2D eigenvalue weighted by Crippen LogP contribution is -2.59. The Labute approximate surface area is 217 Å². The van der Waals surface area contributed by atoms with E-state index in [2.05, 4.69) is 38.7 Å². The van der Waals surface area contributed by atoms with Gasteiger partial charge in [-0.05, 0) is 75.0 Å². The van der Waals surface area contributed by atoms with Gasteiger partial charge in [0.1, 0.15) is 0 Å². The summed E-state index contributed by atoms with van der Waals surface area (Å²) in [5, 5.41) is 1.43. The van der Waals surface area contributed by atoms with E-state index >= 15 is 0 Å². The van der Waals surface area contributed by atoms with E-state index in [1.807, 2.05) is 28.8 Å². The van der Waals surface area contributed by atoms with Gasteiger partial charge in [-0.25, -0.2) is 4.98 Å². The van der Waals surface area contributed by atoms with Crippen molar-refractivity contribution in [3.63, 3.8) is 0 Å². The molecule has 3 fully saturated rings. The average Bonchev–Trinajstić information content (AvgIpc) is 3.75. The summed E-state index contributed by atoms with van der Waals surface area (Å²) in [5.74, 6) is 0.824. The first-order valence-electron chi connectivity index (χ1n) is 13.5. The van der Waals surface area contributed by atoms with Crippen LogP contribution in [0.3, 0.4) is 0 Å². The molecule has 2 aromatic heterocycles. The minimum atomic E-state index is 0.0640. The number of halogens is 1. The maximum Gasteiger partial charge on any atom is 0.264 e. The number of nitrogens with zero attached hydrogens (tertiary/aromatic N) is 6. The van der Waals surface area contributed by atoms with Crippen molar-refractivity contribution in [3.05, 3.63) is 63.5 Å². The van der Waals surface area contributed by atoms with Crippen molar-refractivity contribution in [2.24, 2.45) is 0 Å². The van der Waals surface area contributed by atoms with Crippen LogP contribution in [0.25, 0.3) is 11.0 Å². The molecule has 4 heterocycles. The Hall–Kier alpha value is -2.48. The van der Waals surface area contributed by atoms with Crippen LogP contribution >= 0.6 is 11.6 Å². The molecule has 0 N–H and O–H groups in total. The number of piperazine rings is 1. The molecular formula is C28H35ClN6O. The standard InChI is InChI=1S/C28H35ClN6O/c1-2-22-19-33(28-31-26-25(4-3-13-30-26)27(36)35(28)24-9-10-24)16-17-34(22)23-11-14-32(15-12-23)18-20-5-7-21(29)8-6-20/h3-8,13,22-24H,2,9-12,14-19H2,1H3/t22-/m0/s1. The van der Waals surface area contributed by atoms with E-state index in [4.69, 9.17) is 16.6 Å². The largest absolute Gasteiger partial charge is 0.339 e. The first kappa shape index (κ1) is 23.9. The van der Waals surface area contributed by atoms with Crippen molar-refractivity contribution in [1.29, 1.82) is 0 Å². The zero-order valence-electron chi connectivity index (χ0n) is 21.0. The minimum absolute atomic E-state index is 0.0640. The molecule has 2 saturated heterocycles. The molecule has 1 aliphatic carbocycles. The summed E-state index contributed by atoms with van der Waals surface area (Å²) in [7, 11) is 0. The number of benzene rings is 1. The number of rotatable bonds is 6. The second kappa shape index (κ2) is 10.1. The number of hydrogen-bond donors (Lipinski definition) is 0. The lowest BCUT2D eigenvalue weighted by Gasteiger charge is -2.47. The van der Waals surface area contributed by atoms with E-state index in [0.29, 0.717) is 23.1 Å². The van der Waals surface area contributed by atoms with Crippen molar-refractivity contribution >= 4 is 28.6 Å². The molecule has 190 valence electrons. The number of fused-ring (bicyclic) bond motifs is 1. The molecule has 1 aromatic carbocycles. The van der Waals surface area contributed by atoms with Crippen LogP contribution < -0.4 is 10.5 Å². The summed E-state index contributed by atoms with van der Waals surface area (Å²) in [6.07, 6.45) is 7.36. The Morgan fingerprint density at radius 1 is 0.972 bits per heavy atom. The zero-order valence-corrected chi connectivity index (χ0v) is 21.8. The van der Waals surface area contributed by atoms with Gasteiger partial charge < -0.3 is 4.90 Å². The maximum atomic E-state index is 13.3. The van der Waals surface area contributed by atoms with Gasteiger partial charge in [0.25, 0.3) is 5.56 Å². The first-order valence-corrected chi connectivity index (χ1v) is 13.8. The van der Waals surface area contributed by atoms with Gasteiger partial charge in [0.15, 0.2) is 5.65 Å². The number of hydrogen-bond acceptors (Lipinski definition) is 6. The Bertz CT molecular complexity index is 1270. The molecule has 1 atom stereocenters.